The molecule has 0 N–H and O–H groups in total. The molecule has 0 fully saturated rings. The zero-order chi connectivity index (χ0) is 16.8. The topological polar surface area (TPSA) is 17.1 Å². The summed E-state index contributed by atoms with van der Waals surface area (Å²) in [6.07, 6.45) is 0.493. The number of carbonyl (C=O) groups is 1. The first-order valence-electron chi connectivity index (χ1n) is 8.09. The highest BCUT2D eigenvalue weighted by Crippen LogP contribution is 2.38. The van der Waals surface area contributed by atoms with Crippen molar-refractivity contribution in [1.29, 1.82) is 0 Å². The Morgan fingerprint density at radius 2 is 1.54 bits per heavy atom. The van der Waals surface area contributed by atoms with E-state index < -0.39 is 0 Å². The van der Waals surface area contributed by atoms with E-state index in [2.05, 4.69) is 43.3 Å². The third-order valence-electron chi connectivity index (χ3n) is 3.90. The van der Waals surface area contributed by atoms with Gasteiger partial charge in [-0.05, 0) is 24.6 Å². The zero-order valence-corrected chi connectivity index (χ0v) is 14.5. The van der Waals surface area contributed by atoms with E-state index in [0.29, 0.717) is 6.42 Å². The summed E-state index contributed by atoms with van der Waals surface area (Å²) in [6, 6.07) is 28.3. The van der Waals surface area contributed by atoms with Crippen LogP contribution < -0.4 is 0 Å². The minimum Gasteiger partial charge on any atom is -0.294 e. The molecule has 0 saturated heterocycles. The van der Waals surface area contributed by atoms with Crippen LogP contribution in [0.4, 0.5) is 0 Å². The molecule has 3 rings (SSSR count). The van der Waals surface area contributed by atoms with E-state index in [0.717, 1.165) is 5.56 Å². The predicted octanol–water partition coefficient (Wildman–Crippen LogP) is 6.10. The molecule has 0 radical (unpaired) electrons. The van der Waals surface area contributed by atoms with Crippen LogP contribution in [0.1, 0.15) is 33.2 Å². The molecule has 120 valence electrons. The van der Waals surface area contributed by atoms with E-state index in [9.17, 15) is 4.79 Å². The highest BCUT2D eigenvalue weighted by atomic mass is 32.2. The maximum atomic E-state index is 12.7. The van der Waals surface area contributed by atoms with Gasteiger partial charge in [-0.1, -0.05) is 78.4 Å². The average molecular weight is 332 g/mol. The molecule has 1 unspecified atom stereocenters. The molecule has 0 saturated carbocycles. The minimum atomic E-state index is 0.111. The Kier molecular flexibility index (Phi) is 5.50. The lowest BCUT2D eigenvalue weighted by Gasteiger charge is -2.17. The molecular formula is C22H20OS. The number of rotatable bonds is 6. The van der Waals surface area contributed by atoms with Crippen LogP contribution in [0.25, 0.3) is 0 Å². The number of carbonyl (C=O) groups excluding carboxylic acids is 1. The van der Waals surface area contributed by atoms with Crippen LogP contribution in [-0.2, 0) is 0 Å². The molecule has 1 nitrogen and oxygen atoms in total. The lowest BCUT2D eigenvalue weighted by atomic mass is 10.0. The lowest BCUT2D eigenvalue weighted by molar-refractivity contribution is 0.0982. The third-order valence-corrected chi connectivity index (χ3v) is 5.17. The van der Waals surface area contributed by atoms with Crippen molar-refractivity contribution in [2.75, 3.05) is 0 Å². The molecule has 0 aromatic heterocycles. The Morgan fingerprint density at radius 3 is 2.21 bits per heavy atom. The van der Waals surface area contributed by atoms with E-state index in [1.807, 2.05) is 48.5 Å². The average Bonchev–Trinajstić information content (AvgIpc) is 2.63. The van der Waals surface area contributed by atoms with Crippen molar-refractivity contribution < 1.29 is 4.79 Å². The van der Waals surface area contributed by atoms with Crippen molar-refractivity contribution in [3.63, 3.8) is 0 Å². The van der Waals surface area contributed by atoms with Gasteiger partial charge < -0.3 is 0 Å². The Labute approximate surface area is 147 Å². The molecule has 0 spiro atoms. The number of hydrogen-bond donors (Lipinski definition) is 0. The van der Waals surface area contributed by atoms with Gasteiger partial charge in [-0.2, -0.15) is 0 Å². The largest absolute Gasteiger partial charge is 0.294 e. The van der Waals surface area contributed by atoms with Gasteiger partial charge in [-0.25, -0.2) is 0 Å². The monoisotopic (exact) mass is 332 g/mol. The van der Waals surface area contributed by atoms with Crippen molar-refractivity contribution in [2.24, 2.45) is 0 Å². The predicted molar refractivity (Wildman–Crippen MR) is 102 cm³/mol. The van der Waals surface area contributed by atoms with Crippen LogP contribution in [0.5, 0.6) is 0 Å². The third kappa shape index (κ3) is 4.36. The molecular weight excluding hydrogens is 312 g/mol. The molecule has 0 aliphatic carbocycles. The summed E-state index contributed by atoms with van der Waals surface area (Å²) in [5.74, 6) is 0.186. The fourth-order valence-electron chi connectivity index (χ4n) is 2.67. The smallest absolute Gasteiger partial charge is 0.164 e. The first-order chi connectivity index (χ1) is 11.7. The molecule has 24 heavy (non-hydrogen) atoms. The first kappa shape index (κ1) is 16.5. The molecule has 0 amide bonds. The maximum Gasteiger partial charge on any atom is 0.164 e. The van der Waals surface area contributed by atoms with E-state index in [1.54, 1.807) is 11.8 Å². The Hall–Kier alpha value is -2.32. The summed E-state index contributed by atoms with van der Waals surface area (Å²) in [5, 5.41) is 0.111. The van der Waals surface area contributed by atoms with Gasteiger partial charge in [0.05, 0.1) is 0 Å². The van der Waals surface area contributed by atoms with Gasteiger partial charge in [-0.15, -0.1) is 11.8 Å². The van der Waals surface area contributed by atoms with Crippen molar-refractivity contribution in [3.8, 4) is 0 Å². The maximum absolute atomic E-state index is 12.7. The molecule has 3 aromatic carbocycles. The zero-order valence-electron chi connectivity index (χ0n) is 13.7. The van der Waals surface area contributed by atoms with E-state index in [1.165, 1.54) is 16.0 Å². The fourth-order valence-corrected chi connectivity index (χ4v) is 3.83. The number of ketones is 1. The van der Waals surface area contributed by atoms with Gasteiger partial charge in [-0.3, -0.25) is 4.79 Å². The number of aryl methyl sites for hydroxylation is 1. The van der Waals surface area contributed by atoms with Gasteiger partial charge in [0.15, 0.2) is 5.78 Å². The summed E-state index contributed by atoms with van der Waals surface area (Å²) in [6.45, 7) is 2.09. The summed E-state index contributed by atoms with van der Waals surface area (Å²) in [5.41, 5.74) is 3.20. The fraction of sp³-hybridized carbons (Fsp3) is 0.136. The van der Waals surface area contributed by atoms with Gasteiger partial charge in [0.1, 0.15) is 0 Å². The van der Waals surface area contributed by atoms with Gasteiger partial charge in [0.25, 0.3) is 0 Å². The Balaban J connectivity index is 1.86. The number of hydrogen-bond acceptors (Lipinski definition) is 2. The molecule has 0 aliphatic heterocycles. The van der Waals surface area contributed by atoms with Crippen LogP contribution in [0.2, 0.25) is 0 Å². The van der Waals surface area contributed by atoms with Crippen LogP contribution >= 0.6 is 11.8 Å². The van der Waals surface area contributed by atoms with Gasteiger partial charge in [0, 0.05) is 22.1 Å². The Bertz CT molecular complexity index is 796. The van der Waals surface area contributed by atoms with Crippen LogP contribution in [0.3, 0.4) is 0 Å². The lowest BCUT2D eigenvalue weighted by Crippen LogP contribution is -2.05. The Morgan fingerprint density at radius 1 is 0.875 bits per heavy atom. The molecule has 0 aliphatic rings. The summed E-state index contributed by atoms with van der Waals surface area (Å²) in [7, 11) is 0. The minimum absolute atomic E-state index is 0.111. The van der Waals surface area contributed by atoms with E-state index in [4.69, 9.17) is 0 Å². The van der Waals surface area contributed by atoms with Crippen molar-refractivity contribution in [2.45, 2.75) is 23.5 Å². The second kappa shape index (κ2) is 7.98. The summed E-state index contributed by atoms with van der Waals surface area (Å²) >= 11 is 1.75. The quantitative estimate of drug-likeness (QED) is 0.400. The summed E-state index contributed by atoms with van der Waals surface area (Å²) < 4.78 is 0. The second-order valence-corrected chi connectivity index (χ2v) is 7.10. The van der Waals surface area contributed by atoms with Crippen LogP contribution in [-0.4, -0.2) is 5.78 Å². The number of benzene rings is 3. The number of Topliss-reactive ketones (excluding diaryl/α,β-unsaturated/α-hetero) is 1. The summed E-state index contributed by atoms with van der Waals surface area (Å²) in [4.78, 5) is 13.9. The molecule has 1 atom stereocenters. The van der Waals surface area contributed by atoms with Crippen molar-refractivity contribution in [3.05, 3.63) is 102 Å². The van der Waals surface area contributed by atoms with Gasteiger partial charge in [0.2, 0.25) is 0 Å². The van der Waals surface area contributed by atoms with Crippen LogP contribution in [0.15, 0.2) is 89.8 Å². The van der Waals surface area contributed by atoms with Crippen LogP contribution in [0, 0.1) is 6.92 Å². The normalized spacial score (nSPS) is 11.9. The van der Waals surface area contributed by atoms with E-state index in [-0.39, 0.29) is 11.0 Å². The SMILES string of the molecule is Cc1cccc(C(CC(=O)c2ccccc2)Sc2ccccc2)c1. The number of thioether (sulfide) groups is 1. The molecule has 0 bridgehead atoms. The van der Waals surface area contributed by atoms with Crippen molar-refractivity contribution >= 4 is 17.5 Å². The van der Waals surface area contributed by atoms with Gasteiger partial charge >= 0.3 is 0 Å². The molecule has 3 aromatic rings. The standard InChI is InChI=1S/C22H20OS/c1-17-9-8-12-19(15-17)22(24-20-13-6-3-7-14-20)16-21(23)18-10-4-2-5-11-18/h2-15,22H,16H2,1H3. The second-order valence-electron chi connectivity index (χ2n) is 5.83. The van der Waals surface area contributed by atoms with E-state index >= 15 is 0 Å². The molecule has 0 heterocycles. The van der Waals surface area contributed by atoms with Crippen molar-refractivity contribution in [1.82, 2.24) is 0 Å². The first-order valence-corrected chi connectivity index (χ1v) is 8.97. The highest BCUT2D eigenvalue weighted by Gasteiger charge is 2.18. The highest BCUT2D eigenvalue weighted by molar-refractivity contribution is 7.99. The molecule has 2 heteroatoms.